The number of hydrogen-bond acceptors (Lipinski definition) is 3. The zero-order chi connectivity index (χ0) is 37.0. The summed E-state index contributed by atoms with van der Waals surface area (Å²) in [5.41, 5.74) is 10.8. The molecule has 54 heavy (non-hydrogen) atoms. The largest absolute Gasteiger partial charge is 0.305 e. The smallest absolute Gasteiger partial charge is 0.0798 e. The van der Waals surface area contributed by atoms with Crippen LogP contribution in [0, 0.1) is 18.1 Å². The summed E-state index contributed by atoms with van der Waals surface area (Å²) < 4.78 is 2.54. The van der Waals surface area contributed by atoms with Crippen LogP contribution < -0.4 is 5.19 Å². The predicted octanol–water partition coefficient (Wildman–Crippen LogP) is 13.0. The summed E-state index contributed by atoms with van der Waals surface area (Å²) in [5, 5.41) is 4.07. The maximum absolute atomic E-state index is 4.76. The van der Waals surface area contributed by atoms with E-state index in [1.54, 1.807) is 0 Å². The zero-order valence-electron chi connectivity index (χ0n) is 31.9. The fourth-order valence-corrected chi connectivity index (χ4v) is 9.93. The van der Waals surface area contributed by atoms with Crippen molar-refractivity contribution < 1.29 is 20.1 Å². The molecular formula is C49H46IrN2SSi-2. The van der Waals surface area contributed by atoms with E-state index in [0.29, 0.717) is 11.8 Å². The molecule has 0 saturated carbocycles. The van der Waals surface area contributed by atoms with Crippen LogP contribution in [-0.4, -0.2) is 18.0 Å². The second-order valence-corrected chi connectivity index (χ2v) is 21.3. The number of benzene rings is 5. The van der Waals surface area contributed by atoms with Crippen LogP contribution in [0.5, 0.6) is 0 Å². The van der Waals surface area contributed by atoms with Gasteiger partial charge in [0.15, 0.2) is 0 Å². The van der Waals surface area contributed by atoms with Crippen LogP contribution in [0.25, 0.3) is 53.8 Å². The summed E-state index contributed by atoms with van der Waals surface area (Å²) in [5.74, 6) is 0.972. The quantitative estimate of drug-likeness (QED) is 0.112. The van der Waals surface area contributed by atoms with Crippen molar-refractivity contribution in [3.05, 3.63) is 175 Å². The van der Waals surface area contributed by atoms with Gasteiger partial charge in [0.1, 0.15) is 0 Å². The van der Waals surface area contributed by atoms with Gasteiger partial charge in [-0.25, -0.2) is 0 Å². The molecule has 0 N–H and O–H groups in total. The van der Waals surface area contributed by atoms with Crippen molar-refractivity contribution in [2.75, 3.05) is 0 Å². The average Bonchev–Trinajstić information content (AvgIpc) is 3.58. The van der Waals surface area contributed by atoms with E-state index in [4.69, 9.17) is 4.98 Å². The maximum Gasteiger partial charge on any atom is 0.0798 e. The van der Waals surface area contributed by atoms with E-state index in [1.807, 2.05) is 41.8 Å². The Morgan fingerprint density at radius 1 is 0.685 bits per heavy atom. The molecule has 0 aliphatic rings. The van der Waals surface area contributed by atoms with Gasteiger partial charge in [-0.3, -0.25) is 0 Å². The van der Waals surface area contributed by atoms with Crippen LogP contribution in [0.15, 0.2) is 146 Å². The van der Waals surface area contributed by atoms with Gasteiger partial charge in [-0.05, 0) is 73.4 Å². The topological polar surface area (TPSA) is 25.8 Å². The minimum Gasteiger partial charge on any atom is -0.305 e. The number of thiophene rings is 1. The van der Waals surface area contributed by atoms with Gasteiger partial charge in [0, 0.05) is 43.1 Å². The Hall–Kier alpha value is -4.51. The third-order valence-corrected chi connectivity index (χ3v) is 13.0. The number of aromatic nitrogens is 2. The van der Waals surface area contributed by atoms with Crippen LogP contribution in [0.3, 0.4) is 0 Å². The second-order valence-electron chi connectivity index (χ2n) is 15.2. The Morgan fingerprint density at radius 2 is 1.43 bits per heavy atom. The number of rotatable bonds is 8. The third-order valence-electron chi connectivity index (χ3n) is 9.79. The molecule has 8 rings (SSSR count). The van der Waals surface area contributed by atoms with Crippen molar-refractivity contribution in [2.45, 2.75) is 52.8 Å². The predicted molar refractivity (Wildman–Crippen MR) is 231 cm³/mol. The normalized spacial score (nSPS) is 11.9. The molecule has 5 aromatic carbocycles. The molecule has 8 aromatic rings. The Bertz CT molecular complexity index is 2450. The van der Waals surface area contributed by atoms with E-state index >= 15 is 0 Å². The van der Waals surface area contributed by atoms with Gasteiger partial charge in [0.05, 0.1) is 8.07 Å². The Kier molecular flexibility index (Phi) is 12.6. The van der Waals surface area contributed by atoms with Gasteiger partial charge in [-0.1, -0.05) is 136 Å². The van der Waals surface area contributed by atoms with Crippen molar-refractivity contribution in [1.29, 1.82) is 0 Å². The summed E-state index contributed by atoms with van der Waals surface area (Å²) in [6.07, 6.45) is 5.17. The molecule has 0 aliphatic carbocycles. The zero-order valence-corrected chi connectivity index (χ0v) is 36.1. The van der Waals surface area contributed by atoms with E-state index < -0.39 is 8.07 Å². The van der Waals surface area contributed by atoms with E-state index in [0.717, 1.165) is 28.9 Å². The van der Waals surface area contributed by atoms with Gasteiger partial charge >= 0.3 is 0 Å². The average molecular weight is 915 g/mol. The van der Waals surface area contributed by atoms with Crippen LogP contribution in [0.2, 0.25) is 19.6 Å². The molecule has 0 saturated heterocycles. The Labute approximate surface area is 339 Å². The fourth-order valence-electron chi connectivity index (χ4n) is 7.11. The minimum atomic E-state index is -1.34. The summed E-state index contributed by atoms with van der Waals surface area (Å²) in [4.78, 5) is 9.45. The van der Waals surface area contributed by atoms with Crippen LogP contribution in [-0.2, 0) is 26.5 Å². The maximum atomic E-state index is 4.76. The molecule has 0 bridgehead atoms. The van der Waals surface area contributed by atoms with Gasteiger partial charge in [-0.2, -0.15) is 11.3 Å². The molecular weight excluding hydrogens is 869 g/mol. The van der Waals surface area contributed by atoms with Gasteiger partial charge in [-0.15, -0.1) is 59.7 Å². The monoisotopic (exact) mass is 915 g/mol. The molecule has 0 aliphatic heterocycles. The molecule has 0 amide bonds. The van der Waals surface area contributed by atoms with E-state index in [9.17, 15) is 0 Å². The first kappa shape index (κ1) is 39.2. The van der Waals surface area contributed by atoms with E-state index in [1.165, 1.54) is 53.2 Å². The SMILES string of the molecule is CC(C)Cc1cc(-c2[c-]cccc2)ncc1[Si](C)(C)C.CC(c1ccccc1)c1ccnc(-c2[c-]ccc3c2sc2cccc(-c4ccccc4)c23)c1.[Ir]. The van der Waals surface area contributed by atoms with Crippen LogP contribution in [0.1, 0.15) is 43.4 Å². The van der Waals surface area contributed by atoms with Crippen molar-refractivity contribution in [3.8, 4) is 33.6 Å². The molecule has 0 fully saturated rings. The van der Waals surface area contributed by atoms with E-state index in [-0.39, 0.29) is 20.1 Å². The van der Waals surface area contributed by atoms with Crippen molar-refractivity contribution in [1.82, 2.24) is 9.97 Å². The van der Waals surface area contributed by atoms with Crippen molar-refractivity contribution in [3.63, 3.8) is 0 Å². The van der Waals surface area contributed by atoms with Gasteiger partial charge < -0.3 is 9.97 Å². The molecule has 1 atom stereocenters. The molecule has 1 unspecified atom stereocenters. The molecule has 5 heteroatoms. The number of hydrogen-bond donors (Lipinski definition) is 0. The number of pyridine rings is 2. The second kappa shape index (κ2) is 17.3. The summed E-state index contributed by atoms with van der Waals surface area (Å²) in [7, 11) is -1.34. The molecule has 3 aromatic heterocycles. The van der Waals surface area contributed by atoms with Gasteiger partial charge in [0.2, 0.25) is 0 Å². The third kappa shape index (κ3) is 8.72. The fraction of sp³-hybridized carbons (Fsp3) is 0.184. The molecule has 1 radical (unpaired) electrons. The van der Waals surface area contributed by atoms with Gasteiger partial charge in [0.25, 0.3) is 0 Å². The minimum absolute atomic E-state index is 0. The van der Waals surface area contributed by atoms with Crippen LogP contribution in [0.4, 0.5) is 0 Å². The number of fused-ring (bicyclic) bond motifs is 3. The standard InChI is InChI=1S/C31H22NS.C18H24NSi.Ir/c1-21(22-10-4-2-5-11-22)24-18-19-32-28(20-24)26-15-8-16-27-30-25(23-12-6-3-7-13-23)14-9-17-29(30)33-31(26)27;1-14(2)11-16-12-17(15-9-7-6-8-10-15)19-13-18(16)20(3,4)5;/h2-14,16-21H,1H3;6-9,12-14H,11H2,1-5H3;/q2*-1;. The van der Waals surface area contributed by atoms with E-state index in [2.05, 4.69) is 173 Å². The van der Waals surface area contributed by atoms with Crippen LogP contribution >= 0.6 is 11.3 Å². The summed E-state index contributed by atoms with van der Waals surface area (Å²) in [6.45, 7) is 14.0. The van der Waals surface area contributed by atoms with Crippen molar-refractivity contribution >= 4 is 44.8 Å². The Morgan fingerprint density at radius 3 is 2.13 bits per heavy atom. The Balaban J connectivity index is 0.000000205. The number of nitrogens with zero attached hydrogens (tertiary/aromatic N) is 2. The van der Waals surface area contributed by atoms with Crippen molar-refractivity contribution in [2.24, 2.45) is 5.92 Å². The molecule has 3 heterocycles. The summed E-state index contributed by atoms with van der Waals surface area (Å²) >= 11 is 1.83. The summed E-state index contributed by atoms with van der Waals surface area (Å²) in [6, 6.07) is 53.6. The first-order valence-corrected chi connectivity index (χ1v) is 22.9. The molecule has 2 nitrogen and oxygen atoms in total. The molecule has 0 spiro atoms. The molecule has 273 valence electrons. The first-order valence-electron chi connectivity index (χ1n) is 18.6. The first-order chi connectivity index (χ1) is 25.7.